The Morgan fingerprint density at radius 3 is 2.77 bits per heavy atom. The van der Waals surface area contributed by atoms with Crippen LogP contribution in [-0.2, 0) is 0 Å². The molecule has 2 fully saturated rings. The topological polar surface area (TPSA) is 65.5 Å². The molecule has 3 atom stereocenters. The van der Waals surface area contributed by atoms with E-state index in [-0.39, 0.29) is 12.1 Å². The molecule has 2 amide bonds. The number of nitrogens with one attached hydrogen (secondary N) is 1. The number of pyridine rings is 1. The Balaban J connectivity index is 1.47. The standard InChI is InChI=1S/C19H19Cl2N3O2/c20-12-2-4-14(15(21)9-12)16-5-3-13(10-22-16)23-19(26)24-8-7-11-1-6-17(25)18(11)24/h2-5,9-11,17-18,25H,1,6-8H2,(H,23,26)/t11-,17+,18+/m0/s1. The molecule has 2 aromatic rings. The molecule has 1 aliphatic carbocycles. The number of likely N-dealkylation sites (tertiary alicyclic amines) is 1. The highest BCUT2D eigenvalue weighted by Crippen LogP contribution is 2.38. The number of carbonyl (C=O) groups excluding carboxylic acids is 1. The molecular weight excluding hydrogens is 373 g/mol. The van der Waals surface area contributed by atoms with Crippen LogP contribution < -0.4 is 5.32 Å². The third kappa shape index (κ3) is 3.27. The fraction of sp³-hybridized carbons (Fsp3) is 0.368. The minimum Gasteiger partial charge on any atom is -0.391 e. The maximum absolute atomic E-state index is 12.6. The number of aromatic nitrogens is 1. The largest absolute Gasteiger partial charge is 0.391 e. The van der Waals surface area contributed by atoms with E-state index in [1.54, 1.807) is 29.3 Å². The van der Waals surface area contributed by atoms with Gasteiger partial charge >= 0.3 is 6.03 Å². The summed E-state index contributed by atoms with van der Waals surface area (Å²) in [4.78, 5) is 18.7. The number of fused-ring (bicyclic) bond motifs is 1. The van der Waals surface area contributed by atoms with Gasteiger partial charge < -0.3 is 15.3 Å². The van der Waals surface area contributed by atoms with E-state index >= 15 is 0 Å². The van der Waals surface area contributed by atoms with Gasteiger partial charge in [-0.25, -0.2) is 4.79 Å². The molecule has 1 aromatic carbocycles. The van der Waals surface area contributed by atoms with Crippen molar-refractivity contribution in [2.45, 2.75) is 31.4 Å². The van der Waals surface area contributed by atoms with Gasteiger partial charge in [-0.3, -0.25) is 4.98 Å². The van der Waals surface area contributed by atoms with E-state index in [2.05, 4.69) is 10.3 Å². The van der Waals surface area contributed by atoms with Gasteiger partial charge in [0, 0.05) is 17.1 Å². The molecule has 0 radical (unpaired) electrons. The number of nitrogens with zero attached hydrogens (tertiary/aromatic N) is 2. The highest BCUT2D eigenvalue weighted by molar-refractivity contribution is 6.36. The molecule has 4 rings (SSSR count). The van der Waals surface area contributed by atoms with E-state index in [1.807, 2.05) is 12.1 Å². The van der Waals surface area contributed by atoms with Crippen molar-refractivity contribution in [1.82, 2.24) is 9.88 Å². The SMILES string of the molecule is O=C(Nc1ccc(-c2ccc(Cl)cc2Cl)nc1)N1CC[C@@H]2CC[C@@H](O)[C@@H]21. The number of hydrogen-bond acceptors (Lipinski definition) is 3. The number of aliphatic hydroxyl groups excluding tert-OH is 1. The highest BCUT2D eigenvalue weighted by atomic mass is 35.5. The predicted molar refractivity (Wildman–Crippen MR) is 103 cm³/mol. The smallest absolute Gasteiger partial charge is 0.322 e. The van der Waals surface area contributed by atoms with Crippen LogP contribution in [0.3, 0.4) is 0 Å². The van der Waals surface area contributed by atoms with Crippen molar-refractivity contribution < 1.29 is 9.90 Å². The lowest BCUT2D eigenvalue weighted by Gasteiger charge is -2.26. The third-order valence-electron chi connectivity index (χ3n) is 5.29. The first kappa shape index (κ1) is 17.6. The fourth-order valence-electron chi connectivity index (χ4n) is 4.03. The summed E-state index contributed by atoms with van der Waals surface area (Å²) in [6.45, 7) is 0.685. The lowest BCUT2D eigenvalue weighted by atomic mass is 10.0. The van der Waals surface area contributed by atoms with Gasteiger partial charge in [0.25, 0.3) is 0 Å². The number of benzene rings is 1. The van der Waals surface area contributed by atoms with Crippen molar-refractivity contribution >= 4 is 34.9 Å². The van der Waals surface area contributed by atoms with Gasteiger partial charge in [-0.1, -0.05) is 23.2 Å². The quantitative estimate of drug-likeness (QED) is 0.795. The van der Waals surface area contributed by atoms with Gasteiger partial charge in [0.2, 0.25) is 0 Å². The van der Waals surface area contributed by atoms with Crippen molar-refractivity contribution in [1.29, 1.82) is 0 Å². The molecule has 26 heavy (non-hydrogen) atoms. The van der Waals surface area contributed by atoms with Gasteiger partial charge in [0.1, 0.15) is 0 Å². The fourth-order valence-corrected chi connectivity index (χ4v) is 4.53. The van der Waals surface area contributed by atoms with Crippen LogP contribution in [0.25, 0.3) is 11.3 Å². The maximum Gasteiger partial charge on any atom is 0.322 e. The molecule has 1 aliphatic heterocycles. The number of urea groups is 1. The number of hydrogen-bond donors (Lipinski definition) is 2. The zero-order chi connectivity index (χ0) is 18.3. The van der Waals surface area contributed by atoms with Crippen LogP contribution in [0.15, 0.2) is 36.5 Å². The summed E-state index contributed by atoms with van der Waals surface area (Å²) in [6.07, 6.45) is 3.92. The van der Waals surface area contributed by atoms with Crippen molar-refractivity contribution in [3.05, 3.63) is 46.6 Å². The number of aliphatic hydroxyl groups is 1. The molecule has 7 heteroatoms. The molecular formula is C19H19Cl2N3O2. The number of anilines is 1. The number of amides is 2. The van der Waals surface area contributed by atoms with E-state index in [0.717, 1.165) is 24.8 Å². The van der Waals surface area contributed by atoms with Gasteiger partial charge in [0.15, 0.2) is 0 Å². The molecule has 1 saturated carbocycles. The summed E-state index contributed by atoms with van der Waals surface area (Å²) in [7, 11) is 0. The van der Waals surface area contributed by atoms with E-state index < -0.39 is 6.10 Å². The molecule has 0 unspecified atom stereocenters. The molecule has 2 heterocycles. The normalized spacial score (nSPS) is 24.6. The number of halogens is 2. The molecule has 1 aromatic heterocycles. The van der Waals surface area contributed by atoms with Crippen molar-refractivity contribution in [3.8, 4) is 11.3 Å². The van der Waals surface area contributed by atoms with Crippen LogP contribution in [0.4, 0.5) is 10.5 Å². The minimum atomic E-state index is -0.416. The van der Waals surface area contributed by atoms with Gasteiger partial charge in [-0.05, 0) is 55.5 Å². The Morgan fingerprint density at radius 1 is 1.19 bits per heavy atom. The number of rotatable bonds is 2. The van der Waals surface area contributed by atoms with E-state index in [1.165, 1.54) is 0 Å². The van der Waals surface area contributed by atoms with Crippen LogP contribution in [0.1, 0.15) is 19.3 Å². The maximum atomic E-state index is 12.6. The second-order valence-corrected chi connectivity index (χ2v) is 7.71. The lowest BCUT2D eigenvalue weighted by Crippen LogP contribution is -2.44. The first-order valence-electron chi connectivity index (χ1n) is 8.70. The average Bonchev–Trinajstić information content (AvgIpc) is 3.19. The van der Waals surface area contributed by atoms with Crippen molar-refractivity contribution in [2.75, 3.05) is 11.9 Å². The summed E-state index contributed by atoms with van der Waals surface area (Å²) in [5, 5.41) is 14.1. The van der Waals surface area contributed by atoms with Gasteiger partial charge in [-0.15, -0.1) is 0 Å². The zero-order valence-electron chi connectivity index (χ0n) is 14.0. The first-order valence-corrected chi connectivity index (χ1v) is 9.45. The summed E-state index contributed by atoms with van der Waals surface area (Å²) in [5.41, 5.74) is 2.10. The second-order valence-electron chi connectivity index (χ2n) is 6.86. The molecule has 0 spiro atoms. The molecule has 5 nitrogen and oxygen atoms in total. The molecule has 2 aliphatic rings. The monoisotopic (exact) mass is 391 g/mol. The summed E-state index contributed by atoms with van der Waals surface area (Å²) in [5.74, 6) is 0.420. The summed E-state index contributed by atoms with van der Waals surface area (Å²) in [6, 6.07) is 8.61. The number of carbonyl (C=O) groups is 1. The van der Waals surface area contributed by atoms with E-state index in [4.69, 9.17) is 23.2 Å². The van der Waals surface area contributed by atoms with Gasteiger partial charge in [-0.2, -0.15) is 0 Å². The van der Waals surface area contributed by atoms with Crippen LogP contribution in [0, 0.1) is 5.92 Å². The van der Waals surface area contributed by atoms with E-state index in [9.17, 15) is 9.90 Å². The zero-order valence-corrected chi connectivity index (χ0v) is 15.5. The van der Waals surface area contributed by atoms with Crippen molar-refractivity contribution in [2.24, 2.45) is 5.92 Å². The second kappa shape index (κ2) is 7.06. The Hall–Kier alpha value is -1.82. The van der Waals surface area contributed by atoms with E-state index in [0.29, 0.717) is 33.9 Å². The molecule has 1 saturated heterocycles. The first-order chi connectivity index (χ1) is 12.5. The summed E-state index contributed by atoms with van der Waals surface area (Å²) < 4.78 is 0. The Labute approximate surface area is 161 Å². The minimum absolute atomic E-state index is 0.0601. The molecule has 136 valence electrons. The van der Waals surface area contributed by atoms with Crippen LogP contribution in [0.5, 0.6) is 0 Å². The van der Waals surface area contributed by atoms with Crippen molar-refractivity contribution in [3.63, 3.8) is 0 Å². The van der Waals surface area contributed by atoms with Crippen LogP contribution in [-0.4, -0.2) is 39.7 Å². The van der Waals surface area contributed by atoms with Crippen LogP contribution >= 0.6 is 23.2 Å². The Morgan fingerprint density at radius 2 is 2.04 bits per heavy atom. The molecule has 0 bridgehead atoms. The molecule has 2 N–H and O–H groups in total. The Bertz CT molecular complexity index is 828. The average molecular weight is 392 g/mol. The third-order valence-corrected chi connectivity index (χ3v) is 5.84. The predicted octanol–water partition coefficient (Wildman–Crippen LogP) is 4.43. The highest BCUT2D eigenvalue weighted by Gasteiger charge is 2.45. The van der Waals surface area contributed by atoms with Crippen LogP contribution in [0.2, 0.25) is 10.0 Å². The van der Waals surface area contributed by atoms with Gasteiger partial charge in [0.05, 0.1) is 34.7 Å². The summed E-state index contributed by atoms with van der Waals surface area (Å²) >= 11 is 12.1. The Kier molecular flexibility index (Phi) is 4.78. The lowest BCUT2D eigenvalue weighted by molar-refractivity contribution is 0.101.